The third-order valence-corrected chi connectivity index (χ3v) is 3.92. The van der Waals surface area contributed by atoms with Crippen molar-refractivity contribution in [2.24, 2.45) is 0 Å². The maximum absolute atomic E-state index is 12.2. The summed E-state index contributed by atoms with van der Waals surface area (Å²) in [5, 5.41) is 5.59. The molecule has 2 amide bonds. The predicted molar refractivity (Wildman–Crippen MR) is 93.4 cm³/mol. The molecule has 0 aliphatic rings. The van der Waals surface area contributed by atoms with Crippen LogP contribution in [0, 0.1) is 0 Å². The number of aromatic nitrogens is 2. The average molecular weight is 340 g/mol. The maximum Gasteiger partial charge on any atom is 0.321 e. The lowest BCUT2D eigenvalue weighted by Crippen LogP contribution is -2.30. The second kappa shape index (κ2) is 7.56. The Kier molecular flexibility index (Phi) is 5.02. The number of rotatable bonds is 5. The average Bonchev–Trinajstić information content (AvgIpc) is 3.09. The molecule has 6 nitrogen and oxygen atoms in total. The van der Waals surface area contributed by atoms with Gasteiger partial charge in [-0.15, -0.1) is 11.3 Å². The van der Waals surface area contributed by atoms with Crippen molar-refractivity contribution in [2.75, 3.05) is 12.4 Å². The normalized spacial score (nSPS) is 10.2. The van der Waals surface area contributed by atoms with Crippen LogP contribution in [-0.2, 0) is 6.54 Å². The van der Waals surface area contributed by atoms with E-state index in [4.69, 9.17) is 4.74 Å². The first-order chi connectivity index (χ1) is 11.7. The summed E-state index contributed by atoms with van der Waals surface area (Å²) in [4.78, 5) is 22.1. The first-order valence-corrected chi connectivity index (χ1v) is 8.18. The molecule has 0 spiro atoms. The third-order valence-electron chi connectivity index (χ3n) is 3.15. The molecule has 0 aliphatic carbocycles. The highest BCUT2D eigenvalue weighted by Crippen LogP contribution is 2.21. The quantitative estimate of drug-likeness (QED) is 0.762. The summed E-state index contributed by atoms with van der Waals surface area (Å²) in [5.41, 5.74) is 0.618. The zero-order valence-electron chi connectivity index (χ0n) is 13.0. The molecule has 1 aromatic carbocycles. The maximum atomic E-state index is 12.2. The van der Waals surface area contributed by atoms with Crippen LogP contribution in [0.2, 0.25) is 0 Å². The first kappa shape index (κ1) is 15.9. The van der Waals surface area contributed by atoms with E-state index in [-0.39, 0.29) is 6.03 Å². The minimum absolute atomic E-state index is 0.220. The van der Waals surface area contributed by atoms with Crippen molar-refractivity contribution in [1.82, 2.24) is 14.9 Å². The highest BCUT2D eigenvalue weighted by molar-refractivity contribution is 7.09. The van der Waals surface area contributed by atoms with E-state index in [1.165, 1.54) is 11.3 Å². The molecule has 0 fully saturated rings. The van der Waals surface area contributed by atoms with E-state index in [0.29, 0.717) is 23.9 Å². The number of pyridine rings is 1. The molecule has 0 bridgehead atoms. The molecule has 3 rings (SSSR count). The number of carbonyl (C=O) groups is 1. The number of urea groups is 1. The van der Waals surface area contributed by atoms with Crippen molar-refractivity contribution in [2.45, 2.75) is 6.54 Å². The number of ether oxygens (including phenoxy) is 1. The second-order valence-electron chi connectivity index (χ2n) is 5.01. The topological polar surface area (TPSA) is 67.4 Å². The number of para-hydroxylation sites is 1. The highest BCUT2D eigenvalue weighted by atomic mass is 32.1. The Labute approximate surface area is 143 Å². The summed E-state index contributed by atoms with van der Waals surface area (Å²) in [5.74, 6) is 1.11. The Hall–Kier alpha value is -2.93. The predicted octanol–water partition coefficient (Wildman–Crippen LogP) is 3.99. The van der Waals surface area contributed by atoms with Gasteiger partial charge in [-0.2, -0.15) is 0 Å². The van der Waals surface area contributed by atoms with Gasteiger partial charge >= 0.3 is 6.03 Å². The van der Waals surface area contributed by atoms with Crippen LogP contribution in [0.15, 0.2) is 60.2 Å². The number of amides is 2. The Morgan fingerprint density at radius 2 is 2.04 bits per heavy atom. The Balaban J connectivity index is 1.62. The van der Waals surface area contributed by atoms with Crippen LogP contribution in [0.25, 0.3) is 0 Å². The van der Waals surface area contributed by atoms with E-state index >= 15 is 0 Å². The number of hydrogen-bond donors (Lipinski definition) is 1. The summed E-state index contributed by atoms with van der Waals surface area (Å²) in [6, 6.07) is 12.5. The SMILES string of the molecule is CN(Cc1nccs1)C(=O)Nc1ccnc(Oc2ccccc2)c1. The van der Waals surface area contributed by atoms with Gasteiger partial charge in [0.05, 0.1) is 6.54 Å². The van der Waals surface area contributed by atoms with Gasteiger partial charge in [0.15, 0.2) is 0 Å². The number of nitrogens with zero attached hydrogens (tertiary/aromatic N) is 3. The minimum atomic E-state index is -0.220. The van der Waals surface area contributed by atoms with Crippen molar-refractivity contribution >= 4 is 23.1 Å². The molecule has 0 unspecified atom stereocenters. The van der Waals surface area contributed by atoms with E-state index in [1.54, 1.807) is 36.5 Å². The molecule has 0 atom stereocenters. The first-order valence-electron chi connectivity index (χ1n) is 7.30. The van der Waals surface area contributed by atoms with E-state index in [9.17, 15) is 4.79 Å². The van der Waals surface area contributed by atoms with Crippen LogP contribution in [0.3, 0.4) is 0 Å². The minimum Gasteiger partial charge on any atom is -0.439 e. The van der Waals surface area contributed by atoms with Gasteiger partial charge in [-0.1, -0.05) is 18.2 Å². The van der Waals surface area contributed by atoms with E-state index < -0.39 is 0 Å². The lowest BCUT2D eigenvalue weighted by atomic mass is 10.3. The molecular formula is C17H16N4O2S. The van der Waals surface area contributed by atoms with Crippen LogP contribution in [0.1, 0.15) is 5.01 Å². The summed E-state index contributed by atoms with van der Waals surface area (Å²) in [6.07, 6.45) is 3.32. The molecule has 1 N–H and O–H groups in total. The van der Waals surface area contributed by atoms with Crippen molar-refractivity contribution in [1.29, 1.82) is 0 Å². The Morgan fingerprint density at radius 1 is 1.21 bits per heavy atom. The molecule has 2 aromatic heterocycles. The van der Waals surface area contributed by atoms with Gasteiger partial charge in [0.2, 0.25) is 5.88 Å². The molecule has 0 saturated carbocycles. The largest absolute Gasteiger partial charge is 0.439 e. The lowest BCUT2D eigenvalue weighted by molar-refractivity contribution is 0.220. The van der Waals surface area contributed by atoms with Gasteiger partial charge in [0, 0.05) is 36.6 Å². The number of benzene rings is 1. The van der Waals surface area contributed by atoms with E-state index in [1.807, 2.05) is 35.7 Å². The number of hydrogen-bond acceptors (Lipinski definition) is 5. The zero-order valence-corrected chi connectivity index (χ0v) is 13.9. The van der Waals surface area contributed by atoms with Gasteiger partial charge in [-0.3, -0.25) is 0 Å². The third kappa shape index (κ3) is 4.30. The van der Waals surface area contributed by atoms with Crippen LogP contribution in [0.4, 0.5) is 10.5 Å². The van der Waals surface area contributed by atoms with Crippen molar-refractivity contribution in [3.63, 3.8) is 0 Å². The summed E-state index contributed by atoms with van der Waals surface area (Å²) in [7, 11) is 1.72. The van der Waals surface area contributed by atoms with E-state index in [0.717, 1.165) is 5.01 Å². The smallest absolute Gasteiger partial charge is 0.321 e. The molecule has 24 heavy (non-hydrogen) atoms. The molecule has 7 heteroatoms. The summed E-state index contributed by atoms with van der Waals surface area (Å²) in [6.45, 7) is 0.460. The molecular weight excluding hydrogens is 324 g/mol. The van der Waals surface area contributed by atoms with Crippen molar-refractivity contribution in [3.8, 4) is 11.6 Å². The number of carbonyl (C=O) groups excluding carboxylic acids is 1. The summed E-state index contributed by atoms with van der Waals surface area (Å²) < 4.78 is 5.66. The number of anilines is 1. The zero-order chi connectivity index (χ0) is 16.8. The Bertz CT molecular complexity index is 793. The van der Waals surface area contributed by atoms with Crippen molar-refractivity contribution < 1.29 is 9.53 Å². The fourth-order valence-corrected chi connectivity index (χ4v) is 2.65. The molecule has 3 aromatic rings. The summed E-state index contributed by atoms with van der Waals surface area (Å²) >= 11 is 1.52. The van der Waals surface area contributed by atoms with Gasteiger partial charge in [-0.25, -0.2) is 14.8 Å². The van der Waals surface area contributed by atoms with Crippen molar-refractivity contribution in [3.05, 3.63) is 65.2 Å². The molecule has 0 saturated heterocycles. The fourth-order valence-electron chi connectivity index (χ4n) is 1.98. The van der Waals surface area contributed by atoms with Gasteiger partial charge in [0.1, 0.15) is 10.8 Å². The number of nitrogens with one attached hydrogen (secondary N) is 1. The van der Waals surface area contributed by atoms with Crippen LogP contribution < -0.4 is 10.1 Å². The molecule has 0 aliphatic heterocycles. The standard InChI is InChI=1S/C17H16N4O2S/c1-21(12-16-19-9-10-24-16)17(22)20-13-7-8-18-15(11-13)23-14-5-3-2-4-6-14/h2-11H,12H2,1H3,(H,18,20,22). The Morgan fingerprint density at radius 3 is 2.79 bits per heavy atom. The monoisotopic (exact) mass is 340 g/mol. The van der Waals surface area contributed by atoms with Crippen LogP contribution >= 0.6 is 11.3 Å². The molecule has 2 heterocycles. The fraction of sp³-hybridized carbons (Fsp3) is 0.118. The molecule has 0 radical (unpaired) electrons. The highest BCUT2D eigenvalue weighted by Gasteiger charge is 2.11. The van der Waals surface area contributed by atoms with Crippen LogP contribution in [0.5, 0.6) is 11.6 Å². The van der Waals surface area contributed by atoms with Gasteiger partial charge in [0.25, 0.3) is 0 Å². The number of thiazole rings is 1. The van der Waals surface area contributed by atoms with Gasteiger partial charge in [-0.05, 0) is 18.2 Å². The molecule has 122 valence electrons. The van der Waals surface area contributed by atoms with E-state index in [2.05, 4.69) is 15.3 Å². The van der Waals surface area contributed by atoms with Crippen LogP contribution in [-0.4, -0.2) is 27.9 Å². The lowest BCUT2D eigenvalue weighted by Gasteiger charge is -2.16. The van der Waals surface area contributed by atoms with Gasteiger partial charge < -0.3 is 15.0 Å². The second-order valence-corrected chi connectivity index (χ2v) is 5.99.